The maximum atomic E-state index is 14.1. The van der Waals surface area contributed by atoms with Crippen LogP contribution in [0.2, 0.25) is 0 Å². The fraction of sp³-hybridized carbons (Fsp3) is 0.632. The minimum atomic E-state index is -8.75. The molecule has 0 spiro atoms. The zero-order valence-electron chi connectivity index (χ0n) is 18.6. The van der Waals surface area contributed by atoms with Crippen LogP contribution in [0.15, 0.2) is 18.2 Å². The molecule has 38 heavy (non-hydrogen) atoms. The predicted octanol–water partition coefficient (Wildman–Crippen LogP) is 8.07. The second kappa shape index (κ2) is 9.31. The molecule has 0 aromatic heterocycles. The van der Waals surface area contributed by atoms with Gasteiger partial charge in [0.05, 0.1) is 0 Å². The van der Waals surface area contributed by atoms with E-state index in [1.165, 1.54) is 19.9 Å². The van der Waals surface area contributed by atoms with Gasteiger partial charge in [-0.05, 0) is 24.0 Å². The van der Waals surface area contributed by atoms with Crippen LogP contribution in [0.5, 0.6) is 0 Å². The van der Waals surface area contributed by atoms with E-state index in [0.717, 1.165) is 24.4 Å². The molecule has 220 valence electrons. The van der Waals surface area contributed by atoms with Gasteiger partial charge in [0.15, 0.2) is 0 Å². The van der Waals surface area contributed by atoms with E-state index in [2.05, 4.69) is 0 Å². The van der Waals surface area contributed by atoms with Crippen LogP contribution in [-0.2, 0) is 4.79 Å². The molecule has 19 heteroatoms. The highest BCUT2D eigenvalue weighted by atomic mass is 19.4. The summed E-state index contributed by atoms with van der Waals surface area (Å²) < 4.78 is 227. The number of halogens is 17. The maximum Gasteiger partial charge on any atom is 0.460 e. The number of anilines is 1. The van der Waals surface area contributed by atoms with E-state index in [4.69, 9.17) is 0 Å². The van der Waals surface area contributed by atoms with Crippen LogP contribution in [0.4, 0.5) is 80.3 Å². The Morgan fingerprint density at radius 2 is 1.00 bits per heavy atom. The maximum absolute atomic E-state index is 14.1. The number of amides is 1. The van der Waals surface area contributed by atoms with Gasteiger partial charge in [0.1, 0.15) is 0 Å². The molecule has 0 heterocycles. The lowest BCUT2D eigenvalue weighted by Gasteiger charge is -2.42. The molecule has 2 nitrogen and oxygen atoms in total. The molecule has 0 unspecified atom stereocenters. The van der Waals surface area contributed by atoms with E-state index in [-0.39, 0.29) is 11.1 Å². The van der Waals surface area contributed by atoms with Crippen LogP contribution in [0, 0.1) is 6.92 Å². The van der Waals surface area contributed by atoms with Gasteiger partial charge in [-0.3, -0.25) is 4.79 Å². The first kappa shape index (κ1) is 33.5. The number of para-hydroxylation sites is 1. The van der Waals surface area contributed by atoms with Crippen molar-refractivity contribution in [1.82, 2.24) is 0 Å². The van der Waals surface area contributed by atoms with Gasteiger partial charge in [-0.25, -0.2) is 0 Å². The topological polar surface area (TPSA) is 29.1 Å². The number of rotatable bonds is 9. The Morgan fingerprint density at radius 1 is 0.632 bits per heavy atom. The lowest BCUT2D eigenvalue weighted by atomic mass is 9.88. The smallest absolute Gasteiger partial charge is 0.320 e. The standard InChI is InChI=1S/C19H14F17NO/c1-7(2)9-6-4-5-8(3)10(9)37-11(38)12(20,21)13(22,23)14(24,25)15(26,27)16(28,29)17(30,31)18(32,33)19(34,35)36/h4-7H,1-3H3,(H,37,38). The van der Waals surface area contributed by atoms with Crippen molar-refractivity contribution in [2.75, 3.05) is 5.32 Å². The molecule has 0 aliphatic heterocycles. The Hall–Kier alpha value is -2.50. The summed E-state index contributed by atoms with van der Waals surface area (Å²) in [5, 5.41) is 0.992. The monoisotopic (exact) mass is 595 g/mol. The van der Waals surface area contributed by atoms with Gasteiger partial charge in [-0.2, -0.15) is 74.6 Å². The van der Waals surface area contributed by atoms with Gasteiger partial charge in [0, 0.05) is 5.69 Å². The lowest BCUT2D eigenvalue weighted by molar-refractivity contribution is -0.459. The zero-order valence-corrected chi connectivity index (χ0v) is 18.6. The highest BCUT2D eigenvalue weighted by molar-refractivity contribution is 5.98. The predicted molar refractivity (Wildman–Crippen MR) is 94.6 cm³/mol. The molecule has 0 fully saturated rings. The Morgan fingerprint density at radius 3 is 1.37 bits per heavy atom. The van der Waals surface area contributed by atoms with Gasteiger partial charge in [-0.1, -0.05) is 32.0 Å². The van der Waals surface area contributed by atoms with Gasteiger partial charge in [0.25, 0.3) is 0 Å². The van der Waals surface area contributed by atoms with Crippen molar-refractivity contribution in [3.05, 3.63) is 29.3 Å². The molecule has 0 saturated carbocycles. The average Bonchev–Trinajstić information content (AvgIpc) is 2.72. The second-order valence-corrected chi connectivity index (χ2v) is 8.17. The summed E-state index contributed by atoms with van der Waals surface area (Å²) in [6, 6.07) is 3.38. The molecule has 1 aromatic carbocycles. The molecule has 0 radical (unpaired) electrons. The van der Waals surface area contributed by atoms with Crippen LogP contribution in [0.25, 0.3) is 0 Å². The number of benzene rings is 1. The third-order valence-corrected chi connectivity index (χ3v) is 5.17. The van der Waals surface area contributed by atoms with Crippen LogP contribution < -0.4 is 5.32 Å². The molecule has 1 amide bonds. The summed E-state index contributed by atoms with van der Waals surface area (Å²) in [6.07, 6.45) is -7.83. The highest BCUT2D eigenvalue weighted by Crippen LogP contribution is 2.64. The molecular weight excluding hydrogens is 581 g/mol. The molecule has 1 N–H and O–H groups in total. The van der Waals surface area contributed by atoms with Crippen molar-refractivity contribution in [3.8, 4) is 0 Å². The molecule has 0 aliphatic rings. The number of hydrogen-bond acceptors (Lipinski definition) is 1. The Balaban J connectivity index is 3.66. The molecular formula is C19H14F17NO. The largest absolute Gasteiger partial charge is 0.460 e. The van der Waals surface area contributed by atoms with Crippen molar-refractivity contribution in [3.63, 3.8) is 0 Å². The number of carbonyl (C=O) groups is 1. The fourth-order valence-electron chi connectivity index (χ4n) is 2.84. The number of nitrogens with one attached hydrogen (secondary N) is 1. The fourth-order valence-corrected chi connectivity index (χ4v) is 2.84. The van der Waals surface area contributed by atoms with Gasteiger partial charge < -0.3 is 5.32 Å². The molecule has 0 saturated heterocycles. The van der Waals surface area contributed by atoms with E-state index in [9.17, 15) is 79.4 Å². The summed E-state index contributed by atoms with van der Waals surface area (Å²) in [5.41, 5.74) is -1.10. The molecule has 0 atom stereocenters. The van der Waals surface area contributed by atoms with E-state index in [1.807, 2.05) is 0 Å². The van der Waals surface area contributed by atoms with Gasteiger partial charge in [0.2, 0.25) is 0 Å². The highest BCUT2D eigenvalue weighted by Gasteiger charge is 2.95. The van der Waals surface area contributed by atoms with Crippen LogP contribution in [-0.4, -0.2) is 53.5 Å². The molecule has 1 rings (SSSR count). The first-order chi connectivity index (χ1) is 16.5. The van der Waals surface area contributed by atoms with E-state index >= 15 is 0 Å². The lowest BCUT2D eigenvalue weighted by Crippen LogP contribution is -2.75. The van der Waals surface area contributed by atoms with Crippen molar-refractivity contribution in [1.29, 1.82) is 0 Å². The van der Waals surface area contributed by atoms with Crippen molar-refractivity contribution >= 4 is 11.6 Å². The van der Waals surface area contributed by atoms with E-state index < -0.39 is 65.1 Å². The summed E-state index contributed by atoms with van der Waals surface area (Å²) in [5.74, 6) is -62.4. The summed E-state index contributed by atoms with van der Waals surface area (Å²) >= 11 is 0. The molecule has 0 bridgehead atoms. The van der Waals surface area contributed by atoms with Crippen molar-refractivity contribution in [2.45, 2.75) is 74.3 Å². The summed E-state index contributed by atoms with van der Waals surface area (Å²) in [6.45, 7) is 3.72. The first-order valence-corrected chi connectivity index (χ1v) is 9.60. The van der Waals surface area contributed by atoms with Crippen LogP contribution in [0.1, 0.15) is 30.9 Å². The SMILES string of the molecule is Cc1cccc(C(C)C)c1NC(=O)C(F)(F)C(F)(F)C(F)(F)C(F)(F)C(F)(F)C(F)(F)C(F)(F)C(F)(F)F. The minimum absolute atomic E-state index is 0.130. The number of alkyl halides is 17. The van der Waals surface area contributed by atoms with Gasteiger partial charge >= 0.3 is 53.5 Å². The molecule has 1 aromatic rings. The third-order valence-electron chi connectivity index (χ3n) is 5.17. The van der Waals surface area contributed by atoms with Crippen molar-refractivity contribution < 1.29 is 79.4 Å². The van der Waals surface area contributed by atoms with Crippen LogP contribution >= 0.6 is 0 Å². The Labute approximate surface area is 201 Å². The quantitative estimate of drug-likeness (QED) is 0.288. The summed E-state index contributed by atoms with van der Waals surface area (Å²) in [4.78, 5) is 11.8. The number of aryl methyl sites for hydroxylation is 1. The Kier molecular flexibility index (Phi) is 8.21. The molecule has 0 aliphatic carbocycles. The normalized spacial score (nSPS) is 15.2. The minimum Gasteiger partial charge on any atom is -0.320 e. The van der Waals surface area contributed by atoms with E-state index in [1.54, 1.807) is 0 Å². The number of carbonyl (C=O) groups excluding carboxylic acids is 1. The van der Waals surface area contributed by atoms with E-state index in [0.29, 0.717) is 0 Å². The van der Waals surface area contributed by atoms with Crippen LogP contribution in [0.3, 0.4) is 0 Å². The van der Waals surface area contributed by atoms with Gasteiger partial charge in [-0.15, -0.1) is 0 Å². The second-order valence-electron chi connectivity index (χ2n) is 8.17. The van der Waals surface area contributed by atoms with Crippen molar-refractivity contribution in [2.24, 2.45) is 0 Å². The summed E-state index contributed by atoms with van der Waals surface area (Å²) in [7, 11) is 0. The number of hydrogen-bond donors (Lipinski definition) is 1. The average molecular weight is 595 g/mol. The first-order valence-electron chi connectivity index (χ1n) is 9.60. The third kappa shape index (κ3) is 4.52. The Bertz CT molecular complexity index is 1040. The zero-order chi connectivity index (χ0) is 30.7.